The third-order valence-corrected chi connectivity index (χ3v) is 3.54. The van der Waals surface area contributed by atoms with E-state index in [2.05, 4.69) is 49.7 Å². The van der Waals surface area contributed by atoms with Gasteiger partial charge in [-0.3, -0.25) is 0 Å². The molecule has 1 aromatic carbocycles. The Hall–Kier alpha value is -1.28. The summed E-state index contributed by atoms with van der Waals surface area (Å²) < 4.78 is 2.30. The van der Waals surface area contributed by atoms with Crippen LogP contribution in [0, 0.1) is 0 Å². The van der Waals surface area contributed by atoms with Crippen LogP contribution in [0.3, 0.4) is 0 Å². The second-order valence-electron chi connectivity index (χ2n) is 5.32. The van der Waals surface area contributed by atoms with Crippen molar-refractivity contribution in [2.45, 2.75) is 46.1 Å². The maximum atomic E-state index is 5.69. The smallest absolute Gasteiger partial charge is 0.0483 e. The van der Waals surface area contributed by atoms with Gasteiger partial charge in [-0.2, -0.15) is 0 Å². The summed E-state index contributed by atoms with van der Waals surface area (Å²) in [5.41, 5.74) is 9.90. The van der Waals surface area contributed by atoms with Crippen LogP contribution < -0.4 is 5.73 Å². The fourth-order valence-electron chi connectivity index (χ4n) is 2.54. The summed E-state index contributed by atoms with van der Waals surface area (Å²) in [6.07, 6.45) is 4.62. The predicted molar refractivity (Wildman–Crippen MR) is 79.1 cm³/mol. The van der Waals surface area contributed by atoms with Gasteiger partial charge in [0.25, 0.3) is 0 Å². The Morgan fingerprint density at radius 3 is 2.67 bits per heavy atom. The standard InChI is InChI=1S/C16H24N2/c1-4-5-14-11-18(9-8-17)16-7-6-13(12(2)3)10-15(14)16/h6-7,10-12H,4-5,8-9,17H2,1-3H3. The van der Waals surface area contributed by atoms with Crippen LogP contribution in [-0.4, -0.2) is 11.1 Å². The van der Waals surface area contributed by atoms with E-state index in [0.29, 0.717) is 12.5 Å². The summed E-state index contributed by atoms with van der Waals surface area (Å²) >= 11 is 0. The van der Waals surface area contributed by atoms with E-state index in [0.717, 1.165) is 13.0 Å². The van der Waals surface area contributed by atoms with Crippen LogP contribution in [0.2, 0.25) is 0 Å². The molecule has 0 unspecified atom stereocenters. The maximum absolute atomic E-state index is 5.69. The third kappa shape index (κ3) is 2.44. The molecule has 2 rings (SSSR count). The van der Waals surface area contributed by atoms with Gasteiger partial charge in [-0.1, -0.05) is 33.3 Å². The molecule has 0 atom stereocenters. The zero-order valence-corrected chi connectivity index (χ0v) is 11.7. The van der Waals surface area contributed by atoms with Gasteiger partial charge in [-0.25, -0.2) is 0 Å². The average molecular weight is 244 g/mol. The fourth-order valence-corrected chi connectivity index (χ4v) is 2.54. The number of hydrogen-bond acceptors (Lipinski definition) is 1. The number of aryl methyl sites for hydroxylation is 1. The highest BCUT2D eigenvalue weighted by molar-refractivity contribution is 5.85. The second kappa shape index (κ2) is 5.57. The topological polar surface area (TPSA) is 30.9 Å². The van der Waals surface area contributed by atoms with Crippen molar-refractivity contribution in [2.75, 3.05) is 6.54 Å². The Labute approximate surface area is 110 Å². The summed E-state index contributed by atoms with van der Waals surface area (Å²) in [7, 11) is 0. The largest absolute Gasteiger partial charge is 0.346 e. The Balaban J connectivity index is 2.55. The highest BCUT2D eigenvalue weighted by atomic mass is 15.0. The molecule has 0 bridgehead atoms. The number of rotatable bonds is 5. The molecule has 2 heteroatoms. The first kappa shape index (κ1) is 13.2. The first-order chi connectivity index (χ1) is 8.67. The molecule has 0 aliphatic carbocycles. The van der Waals surface area contributed by atoms with E-state index in [1.165, 1.54) is 28.5 Å². The highest BCUT2D eigenvalue weighted by Gasteiger charge is 2.09. The summed E-state index contributed by atoms with van der Waals surface area (Å²) in [5, 5.41) is 1.41. The number of nitrogens with zero attached hydrogens (tertiary/aromatic N) is 1. The predicted octanol–water partition coefficient (Wildman–Crippen LogP) is 3.68. The normalized spacial score (nSPS) is 11.6. The monoisotopic (exact) mass is 244 g/mol. The fraction of sp³-hybridized carbons (Fsp3) is 0.500. The van der Waals surface area contributed by atoms with Gasteiger partial charge in [0.2, 0.25) is 0 Å². The molecule has 0 amide bonds. The van der Waals surface area contributed by atoms with Gasteiger partial charge in [-0.05, 0) is 35.6 Å². The molecule has 0 aliphatic rings. The van der Waals surface area contributed by atoms with Gasteiger partial charge in [0.1, 0.15) is 0 Å². The Kier molecular flexibility index (Phi) is 4.07. The molecule has 0 fully saturated rings. The van der Waals surface area contributed by atoms with Crippen LogP contribution in [0.25, 0.3) is 10.9 Å². The van der Waals surface area contributed by atoms with Crippen molar-refractivity contribution in [3.8, 4) is 0 Å². The van der Waals surface area contributed by atoms with Crippen molar-refractivity contribution in [2.24, 2.45) is 5.73 Å². The van der Waals surface area contributed by atoms with Crippen LogP contribution in [0.15, 0.2) is 24.4 Å². The number of fused-ring (bicyclic) bond motifs is 1. The van der Waals surface area contributed by atoms with Crippen molar-refractivity contribution in [1.82, 2.24) is 4.57 Å². The van der Waals surface area contributed by atoms with E-state index in [9.17, 15) is 0 Å². The van der Waals surface area contributed by atoms with Crippen molar-refractivity contribution >= 4 is 10.9 Å². The van der Waals surface area contributed by atoms with Gasteiger partial charge in [0.05, 0.1) is 0 Å². The van der Waals surface area contributed by atoms with Crippen LogP contribution in [0.1, 0.15) is 44.2 Å². The van der Waals surface area contributed by atoms with Crippen LogP contribution in [0.5, 0.6) is 0 Å². The van der Waals surface area contributed by atoms with E-state index in [1.807, 2.05) is 0 Å². The third-order valence-electron chi connectivity index (χ3n) is 3.54. The molecule has 1 aromatic heterocycles. The molecular formula is C16H24N2. The molecule has 98 valence electrons. The molecule has 0 spiro atoms. The minimum atomic E-state index is 0.585. The molecule has 2 nitrogen and oxygen atoms in total. The van der Waals surface area contributed by atoms with E-state index < -0.39 is 0 Å². The van der Waals surface area contributed by atoms with E-state index in [1.54, 1.807) is 0 Å². The second-order valence-corrected chi connectivity index (χ2v) is 5.32. The van der Waals surface area contributed by atoms with E-state index >= 15 is 0 Å². The minimum absolute atomic E-state index is 0.585. The van der Waals surface area contributed by atoms with E-state index in [-0.39, 0.29) is 0 Å². The van der Waals surface area contributed by atoms with Crippen molar-refractivity contribution in [1.29, 1.82) is 0 Å². The van der Waals surface area contributed by atoms with Crippen LogP contribution >= 0.6 is 0 Å². The Morgan fingerprint density at radius 2 is 2.06 bits per heavy atom. The van der Waals surface area contributed by atoms with Crippen LogP contribution in [-0.2, 0) is 13.0 Å². The summed E-state index contributed by atoms with van der Waals surface area (Å²) in [4.78, 5) is 0. The SMILES string of the molecule is CCCc1cn(CCN)c2ccc(C(C)C)cc12. The first-order valence-electron chi connectivity index (χ1n) is 6.99. The minimum Gasteiger partial charge on any atom is -0.346 e. The van der Waals surface area contributed by atoms with Gasteiger partial charge in [-0.15, -0.1) is 0 Å². The molecule has 1 heterocycles. The molecule has 2 N–H and O–H groups in total. The lowest BCUT2D eigenvalue weighted by Gasteiger charge is -2.07. The summed E-state index contributed by atoms with van der Waals surface area (Å²) in [5.74, 6) is 0.585. The molecule has 0 aliphatic heterocycles. The number of aromatic nitrogens is 1. The molecule has 0 saturated heterocycles. The molecular weight excluding hydrogens is 220 g/mol. The lowest BCUT2D eigenvalue weighted by Crippen LogP contribution is -2.08. The zero-order chi connectivity index (χ0) is 13.1. The van der Waals surface area contributed by atoms with Crippen molar-refractivity contribution in [3.05, 3.63) is 35.5 Å². The van der Waals surface area contributed by atoms with Gasteiger partial charge in [0, 0.05) is 30.2 Å². The lowest BCUT2D eigenvalue weighted by molar-refractivity contribution is 0.730. The molecule has 2 aromatic rings. The van der Waals surface area contributed by atoms with Gasteiger partial charge >= 0.3 is 0 Å². The number of benzene rings is 1. The molecule has 0 radical (unpaired) electrons. The quantitative estimate of drug-likeness (QED) is 0.854. The van der Waals surface area contributed by atoms with Gasteiger partial charge in [0.15, 0.2) is 0 Å². The maximum Gasteiger partial charge on any atom is 0.0483 e. The van der Waals surface area contributed by atoms with Gasteiger partial charge < -0.3 is 10.3 Å². The Morgan fingerprint density at radius 1 is 1.28 bits per heavy atom. The Bertz CT molecular complexity index is 523. The number of hydrogen-bond donors (Lipinski definition) is 1. The van der Waals surface area contributed by atoms with Crippen molar-refractivity contribution in [3.63, 3.8) is 0 Å². The number of nitrogens with two attached hydrogens (primary N) is 1. The van der Waals surface area contributed by atoms with Crippen LogP contribution in [0.4, 0.5) is 0 Å². The molecule has 0 saturated carbocycles. The van der Waals surface area contributed by atoms with E-state index in [4.69, 9.17) is 5.73 Å². The summed E-state index contributed by atoms with van der Waals surface area (Å²) in [6, 6.07) is 6.85. The van der Waals surface area contributed by atoms with Crippen molar-refractivity contribution < 1.29 is 0 Å². The highest BCUT2D eigenvalue weighted by Crippen LogP contribution is 2.26. The zero-order valence-electron chi connectivity index (χ0n) is 11.7. The summed E-state index contributed by atoms with van der Waals surface area (Å²) in [6.45, 7) is 8.33. The lowest BCUT2D eigenvalue weighted by atomic mass is 9.99. The first-order valence-corrected chi connectivity index (χ1v) is 6.99. The molecule has 18 heavy (non-hydrogen) atoms. The average Bonchev–Trinajstić information content (AvgIpc) is 2.68.